The van der Waals surface area contributed by atoms with Crippen molar-refractivity contribution in [2.75, 3.05) is 13.1 Å². The van der Waals surface area contributed by atoms with Crippen molar-refractivity contribution in [1.29, 1.82) is 0 Å². The third-order valence-corrected chi connectivity index (χ3v) is 4.04. The maximum absolute atomic E-state index is 12.7. The lowest BCUT2D eigenvalue weighted by Crippen LogP contribution is -2.27. The molecule has 2 aromatic rings. The summed E-state index contributed by atoms with van der Waals surface area (Å²) in [4.78, 5) is 14.8. The van der Waals surface area contributed by atoms with Gasteiger partial charge in [0.05, 0.1) is 0 Å². The van der Waals surface area contributed by atoms with E-state index in [1.807, 2.05) is 48.5 Å². The zero-order chi connectivity index (χ0) is 15.4. The van der Waals surface area contributed by atoms with Crippen LogP contribution < -0.4 is 5.73 Å². The van der Waals surface area contributed by atoms with Gasteiger partial charge in [0.15, 0.2) is 0 Å². The summed E-state index contributed by atoms with van der Waals surface area (Å²) in [5, 5.41) is 0. The Hall–Kier alpha value is -2.55. The number of hydrogen-bond donors (Lipinski definition) is 1. The SMILES string of the molecule is NC1=C(C(=O)c2ccccc2)N(CCc2ccccc2)CC1. The summed E-state index contributed by atoms with van der Waals surface area (Å²) in [6.07, 6.45) is 1.68. The van der Waals surface area contributed by atoms with Gasteiger partial charge in [-0.3, -0.25) is 4.79 Å². The molecule has 2 N–H and O–H groups in total. The number of nitrogens with zero attached hydrogens (tertiary/aromatic N) is 1. The molecule has 3 nitrogen and oxygen atoms in total. The summed E-state index contributed by atoms with van der Waals surface area (Å²) in [5.41, 5.74) is 9.46. The van der Waals surface area contributed by atoms with Gasteiger partial charge >= 0.3 is 0 Å². The van der Waals surface area contributed by atoms with Crippen molar-refractivity contribution < 1.29 is 4.79 Å². The highest BCUT2D eigenvalue weighted by atomic mass is 16.1. The topological polar surface area (TPSA) is 46.3 Å². The van der Waals surface area contributed by atoms with Gasteiger partial charge in [-0.1, -0.05) is 60.7 Å². The Morgan fingerprint density at radius 1 is 1.00 bits per heavy atom. The maximum atomic E-state index is 12.7. The molecule has 3 heteroatoms. The van der Waals surface area contributed by atoms with Crippen LogP contribution in [0.15, 0.2) is 72.1 Å². The second-order valence-corrected chi connectivity index (χ2v) is 5.54. The molecule has 22 heavy (non-hydrogen) atoms. The van der Waals surface area contributed by atoms with Gasteiger partial charge in [-0.2, -0.15) is 0 Å². The summed E-state index contributed by atoms with van der Waals surface area (Å²) >= 11 is 0. The van der Waals surface area contributed by atoms with E-state index in [0.717, 1.165) is 25.9 Å². The molecule has 3 rings (SSSR count). The van der Waals surface area contributed by atoms with Gasteiger partial charge in [-0.25, -0.2) is 0 Å². The molecule has 1 aliphatic rings. The molecular formula is C19H20N2O. The molecule has 0 aliphatic carbocycles. The van der Waals surface area contributed by atoms with Gasteiger partial charge in [-0.05, 0) is 12.0 Å². The molecule has 1 heterocycles. The van der Waals surface area contributed by atoms with Crippen LogP contribution in [0.25, 0.3) is 0 Å². The quantitative estimate of drug-likeness (QED) is 0.862. The van der Waals surface area contributed by atoms with Crippen LogP contribution in [-0.2, 0) is 6.42 Å². The first-order chi connectivity index (χ1) is 10.8. The lowest BCUT2D eigenvalue weighted by Gasteiger charge is -2.21. The van der Waals surface area contributed by atoms with Crippen LogP contribution in [0.3, 0.4) is 0 Å². The van der Waals surface area contributed by atoms with Crippen LogP contribution in [-0.4, -0.2) is 23.8 Å². The van der Waals surface area contributed by atoms with E-state index in [9.17, 15) is 4.79 Å². The molecule has 0 radical (unpaired) electrons. The van der Waals surface area contributed by atoms with E-state index in [1.54, 1.807) is 0 Å². The van der Waals surface area contributed by atoms with Crippen LogP contribution in [0.2, 0.25) is 0 Å². The lowest BCUT2D eigenvalue weighted by atomic mass is 10.1. The average molecular weight is 292 g/mol. The van der Waals surface area contributed by atoms with Gasteiger partial charge in [-0.15, -0.1) is 0 Å². The predicted octanol–water partition coefficient (Wildman–Crippen LogP) is 2.99. The maximum Gasteiger partial charge on any atom is 0.210 e. The van der Waals surface area contributed by atoms with Crippen molar-refractivity contribution >= 4 is 5.78 Å². The highest BCUT2D eigenvalue weighted by Gasteiger charge is 2.26. The van der Waals surface area contributed by atoms with Crippen LogP contribution in [0.1, 0.15) is 22.3 Å². The minimum Gasteiger partial charge on any atom is -0.400 e. The smallest absolute Gasteiger partial charge is 0.210 e. The molecule has 0 atom stereocenters. The Bertz CT molecular complexity index is 677. The number of carbonyl (C=O) groups is 1. The molecule has 0 saturated heterocycles. The zero-order valence-corrected chi connectivity index (χ0v) is 12.5. The molecule has 0 bridgehead atoms. The summed E-state index contributed by atoms with van der Waals surface area (Å²) in [6, 6.07) is 19.7. The van der Waals surface area contributed by atoms with Crippen molar-refractivity contribution in [3.63, 3.8) is 0 Å². The Labute approximate surface area is 131 Å². The molecule has 0 spiro atoms. The van der Waals surface area contributed by atoms with Crippen molar-refractivity contribution in [2.24, 2.45) is 5.73 Å². The summed E-state index contributed by atoms with van der Waals surface area (Å²) < 4.78 is 0. The monoisotopic (exact) mass is 292 g/mol. The van der Waals surface area contributed by atoms with E-state index >= 15 is 0 Å². The highest BCUT2D eigenvalue weighted by molar-refractivity contribution is 6.08. The summed E-state index contributed by atoms with van der Waals surface area (Å²) in [6.45, 7) is 1.64. The first kappa shape index (κ1) is 14.4. The molecule has 1 aliphatic heterocycles. The Kier molecular flexibility index (Phi) is 4.24. The fraction of sp³-hybridized carbons (Fsp3) is 0.211. The number of hydrogen-bond acceptors (Lipinski definition) is 3. The molecule has 0 aromatic heterocycles. The van der Waals surface area contributed by atoms with Gasteiger partial charge in [0.2, 0.25) is 5.78 Å². The lowest BCUT2D eigenvalue weighted by molar-refractivity contribution is 0.0996. The van der Waals surface area contributed by atoms with E-state index < -0.39 is 0 Å². The van der Waals surface area contributed by atoms with E-state index in [4.69, 9.17) is 5.73 Å². The number of ketones is 1. The second-order valence-electron chi connectivity index (χ2n) is 5.54. The number of allylic oxidation sites excluding steroid dienone is 1. The van der Waals surface area contributed by atoms with Crippen molar-refractivity contribution in [3.8, 4) is 0 Å². The number of benzene rings is 2. The fourth-order valence-electron chi connectivity index (χ4n) is 2.84. The van der Waals surface area contributed by atoms with Crippen molar-refractivity contribution in [3.05, 3.63) is 83.2 Å². The number of nitrogens with two attached hydrogens (primary N) is 1. The van der Waals surface area contributed by atoms with E-state index in [-0.39, 0.29) is 5.78 Å². The van der Waals surface area contributed by atoms with Gasteiger partial charge in [0.25, 0.3) is 0 Å². The van der Waals surface area contributed by atoms with Crippen LogP contribution >= 0.6 is 0 Å². The second kappa shape index (κ2) is 6.48. The molecule has 0 saturated carbocycles. The van der Waals surface area contributed by atoms with E-state index in [2.05, 4.69) is 17.0 Å². The van der Waals surface area contributed by atoms with Crippen LogP contribution in [0, 0.1) is 0 Å². The van der Waals surface area contributed by atoms with Gasteiger partial charge in [0, 0.05) is 30.8 Å². The van der Waals surface area contributed by atoms with E-state index in [0.29, 0.717) is 17.0 Å². The molecule has 0 unspecified atom stereocenters. The zero-order valence-electron chi connectivity index (χ0n) is 12.5. The molecule has 0 amide bonds. The minimum atomic E-state index is 0.0312. The molecular weight excluding hydrogens is 272 g/mol. The molecule has 2 aromatic carbocycles. The minimum absolute atomic E-state index is 0.0312. The van der Waals surface area contributed by atoms with Crippen molar-refractivity contribution in [1.82, 2.24) is 4.90 Å². The van der Waals surface area contributed by atoms with Crippen LogP contribution in [0.5, 0.6) is 0 Å². The number of carbonyl (C=O) groups excluding carboxylic acids is 1. The van der Waals surface area contributed by atoms with Crippen molar-refractivity contribution in [2.45, 2.75) is 12.8 Å². The van der Waals surface area contributed by atoms with Crippen LogP contribution in [0.4, 0.5) is 0 Å². The number of Topliss-reactive ketones (excluding diaryl/α,β-unsaturated/α-hetero) is 1. The Morgan fingerprint density at radius 3 is 2.32 bits per heavy atom. The van der Waals surface area contributed by atoms with Gasteiger partial charge in [0.1, 0.15) is 5.70 Å². The first-order valence-corrected chi connectivity index (χ1v) is 7.63. The third kappa shape index (κ3) is 3.03. The summed E-state index contributed by atoms with van der Waals surface area (Å²) in [5.74, 6) is 0.0312. The number of rotatable bonds is 5. The Morgan fingerprint density at radius 2 is 1.64 bits per heavy atom. The largest absolute Gasteiger partial charge is 0.400 e. The highest BCUT2D eigenvalue weighted by Crippen LogP contribution is 2.23. The fourth-order valence-corrected chi connectivity index (χ4v) is 2.84. The standard InChI is InChI=1S/C19H20N2O/c20-17-12-14-21(13-11-15-7-3-1-4-8-15)18(17)19(22)16-9-5-2-6-10-16/h1-10H,11-14,20H2. The molecule has 0 fully saturated rings. The Balaban J connectivity index is 1.74. The average Bonchev–Trinajstić information content (AvgIpc) is 2.95. The van der Waals surface area contributed by atoms with Gasteiger partial charge < -0.3 is 10.6 Å². The third-order valence-electron chi connectivity index (χ3n) is 4.04. The molecule has 112 valence electrons. The normalized spacial score (nSPS) is 14.5. The summed E-state index contributed by atoms with van der Waals surface area (Å²) in [7, 11) is 0. The first-order valence-electron chi connectivity index (χ1n) is 7.63. The predicted molar refractivity (Wildman–Crippen MR) is 88.3 cm³/mol. The van der Waals surface area contributed by atoms with E-state index in [1.165, 1.54) is 5.56 Å².